The van der Waals surface area contributed by atoms with Gasteiger partial charge in [0.15, 0.2) is 0 Å². The second kappa shape index (κ2) is 5.57. The van der Waals surface area contributed by atoms with Crippen molar-refractivity contribution in [1.82, 2.24) is 0 Å². The number of aryl methyl sites for hydroxylation is 2. The van der Waals surface area contributed by atoms with Gasteiger partial charge in [-0.25, -0.2) is 4.79 Å². The van der Waals surface area contributed by atoms with Crippen molar-refractivity contribution in [3.8, 4) is 11.5 Å². The lowest BCUT2D eigenvalue weighted by Gasteiger charge is -2.11. The summed E-state index contributed by atoms with van der Waals surface area (Å²) >= 11 is 0. The topological polar surface area (TPSA) is 35.5 Å². The molecule has 0 fully saturated rings. The smallest absolute Gasteiger partial charge is 0.341 e. The molecular formula is C16H16O3. The molecule has 0 aromatic heterocycles. The summed E-state index contributed by atoms with van der Waals surface area (Å²) in [4.78, 5) is 11.7. The Morgan fingerprint density at radius 2 is 1.74 bits per heavy atom. The molecule has 0 spiro atoms. The van der Waals surface area contributed by atoms with Gasteiger partial charge < -0.3 is 9.47 Å². The summed E-state index contributed by atoms with van der Waals surface area (Å²) in [7, 11) is 1.36. The summed E-state index contributed by atoms with van der Waals surface area (Å²) < 4.78 is 10.5. The highest BCUT2D eigenvalue weighted by molar-refractivity contribution is 5.92. The Morgan fingerprint density at radius 1 is 1.00 bits per heavy atom. The Balaban J connectivity index is 2.37. The van der Waals surface area contributed by atoms with Crippen LogP contribution >= 0.6 is 0 Å². The molecule has 0 atom stereocenters. The predicted octanol–water partition coefficient (Wildman–Crippen LogP) is 3.88. The zero-order valence-electron chi connectivity index (χ0n) is 11.3. The van der Waals surface area contributed by atoms with Gasteiger partial charge in [0, 0.05) is 0 Å². The molecule has 3 nitrogen and oxygen atoms in total. The van der Waals surface area contributed by atoms with Gasteiger partial charge in [-0.05, 0) is 43.7 Å². The highest BCUT2D eigenvalue weighted by Gasteiger charge is 2.13. The van der Waals surface area contributed by atoms with Crippen molar-refractivity contribution in [2.75, 3.05) is 7.11 Å². The molecule has 2 aromatic carbocycles. The first kappa shape index (κ1) is 13.1. The van der Waals surface area contributed by atoms with E-state index in [1.54, 1.807) is 12.1 Å². The molecule has 19 heavy (non-hydrogen) atoms. The van der Waals surface area contributed by atoms with E-state index in [0.717, 1.165) is 11.1 Å². The molecule has 0 aliphatic heterocycles. The van der Waals surface area contributed by atoms with E-state index in [2.05, 4.69) is 0 Å². The minimum absolute atomic E-state index is 0.397. The van der Waals surface area contributed by atoms with Crippen molar-refractivity contribution in [3.63, 3.8) is 0 Å². The highest BCUT2D eigenvalue weighted by atomic mass is 16.5. The van der Waals surface area contributed by atoms with Gasteiger partial charge in [0.05, 0.1) is 7.11 Å². The molecule has 0 radical (unpaired) electrons. The van der Waals surface area contributed by atoms with Crippen LogP contribution in [0.3, 0.4) is 0 Å². The van der Waals surface area contributed by atoms with E-state index in [9.17, 15) is 4.79 Å². The standard InChI is InChI=1S/C16H16O3/c1-11-5-4-6-13(9-11)19-15-8-7-12(2)10-14(15)16(17)18-3/h4-10H,1-3H3. The molecule has 0 N–H and O–H groups in total. The molecule has 2 aromatic rings. The van der Waals surface area contributed by atoms with Crippen LogP contribution in [0.25, 0.3) is 0 Å². The Labute approximate surface area is 112 Å². The molecule has 0 amide bonds. The monoisotopic (exact) mass is 256 g/mol. The number of ether oxygens (including phenoxy) is 2. The lowest BCUT2D eigenvalue weighted by atomic mass is 10.1. The van der Waals surface area contributed by atoms with Gasteiger partial charge >= 0.3 is 5.97 Å². The first-order valence-electron chi connectivity index (χ1n) is 6.03. The molecular weight excluding hydrogens is 240 g/mol. The number of carbonyl (C=O) groups is 1. The summed E-state index contributed by atoms with van der Waals surface area (Å²) in [5.41, 5.74) is 2.52. The van der Waals surface area contributed by atoms with E-state index < -0.39 is 5.97 Å². The summed E-state index contributed by atoms with van der Waals surface area (Å²) in [6, 6.07) is 13.1. The average Bonchev–Trinajstić information content (AvgIpc) is 2.40. The number of rotatable bonds is 3. The maximum atomic E-state index is 11.7. The van der Waals surface area contributed by atoms with Crippen LogP contribution in [-0.2, 0) is 4.74 Å². The Kier molecular flexibility index (Phi) is 3.85. The van der Waals surface area contributed by atoms with Gasteiger partial charge in [-0.2, -0.15) is 0 Å². The second-order valence-corrected chi connectivity index (χ2v) is 4.41. The van der Waals surface area contributed by atoms with E-state index in [4.69, 9.17) is 9.47 Å². The van der Waals surface area contributed by atoms with Gasteiger partial charge in [0.25, 0.3) is 0 Å². The van der Waals surface area contributed by atoms with Crippen molar-refractivity contribution in [1.29, 1.82) is 0 Å². The van der Waals surface area contributed by atoms with E-state index >= 15 is 0 Å². The molecule has 98 valence electrons. The number of esters is 1. The average molecular weight is 256 g/mol. The van der Waals surface area contributed by atoms with Crippen LogP contribution in [0, 0.1) is 13.8 Å². The minimum atomic E-state index is -0.397. The number of methoxy groups -OCH3 is 1. The van der Waals surface area contributed by atoms with Crippen LogP contribution in [0.5, 0.6) is 11.5 Å². The van der Waals surface area contributed by atoms with Crippen molar-refractivity contribution < 1.29 is 14.3 Å². The molecule has 0 saturated heterocycles. The van der Waals surface area contributed by atoms with Crippen molar-refractivity contribution >= 4 is 5.97 Å². The third-order valence-corrected chi connectivity index (χ3v) is 2.76. The van der Waals surface area contributed by atoms with E-state index in [-0.39, 0.29) is 0 Å². The number of benzene rings is 2. The minimum Gasteiger partial charge on any atom is -0.465 e. The van der Waals surface area contributed by atoms with Crippen molar-refractivity contribution in [3.05, 3.63) is 59.2 Å². The fourth-order valence-electron chi connectivity index (χ4n) is 1.81. The third-order valence-electron chi connectivity index (χ3n) is 2.76. The van der Waals surface area contributed by atoms with Crippen LogP contribution in [0.1, 0.15) is 21.5 Å². The van der Waals surface area contributed by atoms with Crippen molar-refractivity contribution in [2.45, 2.75) is 13.8 Å². The first-order valence-corrected chi connectivity index (χ1v) is 6.03. The third kappa shape index (κ3) is 3.13. The van der Waals surface area contributed by atoms with Gasteiger partial charge in [-0.3, -0.25) is 0 Å². The summed E-state index contributed by atoms with van der Waals surface area (Å²) in [6.07, 6.45) is 0. The second-order valence-electron chi connectivity index (χ2n) is 4.41. The summed E-state index contributed by atoms with van der Waals surface area (Å²) in [6.45, 7) is 3.91. The fourth-order valence-corrected chi connectivity index (χ4v) is 1.81. The zero-order chi connectivity index (χ0) is 13.8. The van der Waals surface area contributed by atoms with Gasteiger partial charge in [0.2, 0.25) is 0 Å². The number of hydrogen-bond donors (Lipinski definition) is 0. The molecule has 0 unspecified atom stereocenters. The van der Waals surface area contributed by atoms with Crippen LogP contribution in [0.4, 0.5) is 0 Å². The predicted molar refractivity (Wildman–Crippen MR) is 73.8 cm³/mol. The first-order chi connectivity index (χ1) is 9.10. The lowest BCUT2D eigenvalue weighted by Crippen LogP contribution is -2.04. The maximum absolute atomic E-state index is 11.7. The van der Waals surface area contributed by atoms with Gasteiger partial charge in [0.1, 0.15) is 17.1 Å². The number of hydrogen-bond acceptors (Lipinski definition) is 3. The fraction of sp³-hybridized carbons (Fsp3) is 0.188. The molecule has 0 heterocycles. The summed E-state index contributed by atoms with van der Waals surface area (Å²) in [5, 5.41) is 0. The maximum Gasteiger partial charge on any atom is 0.341 e. The quantitative estimate of drug-likeness (QED) is 0.782. The van der Waals surface area contributed by atoms with E-state index in [0.29, 0.717) is 17.1 Å². The van der Waals surface area contributed by atoms with Gasteiger partial charge in [-0.1, -0.05) is 23.8 Å². The molecule has 0 aliphatic carbocycles. The molecule has 0 bridgehead atoms. The van der Waals surface area contributed by atoms with Crippen LogP contribution < -0.4 is 4.74 Å². The Morgan fingerprint density at radius 3 is 2.42 bits per heavy atom. The van der Waals surface area contributed by atoms with Crippen LogP contribution in [0.15, 0.2) is 42.5 Å². The van der Waals surface area contributed by atoms with Crippen LogP contribution in [0.2, 0.25) is 0 Å². The number of carbonyl (C=O) groups excluding carboxylic acids is 1. The van der Waals surface area contributed by atoms with Gasteiger partial charge in [-0.15, -0.1) is 0 Å². The van der Waals surface area contributed by atoms with Crippen LogP contribution in [-0.4, -0.2) is 13.1 Å². The highest BCUT2D eigenvalue weighted by Crippen LogP contribution is 2.27. The summed E-state index contributed by atoms with van der Waals surface area (Å²) in [5.74, 6) is 0.809. The lowest BCUT2D eigenvalue weighted by molar-refractivity contribution is 0.0598. The Hall–Kier alpha value is -2.29. The zero-order valence-corrected chi connectivity index (χ0v) is 11.3. The molecule has 2 rings (SSSR count). The normalized spacial score (nSPS) is 10.1. The van der Waals surface area contributed by atoms with E-state index in [1.165, 1.54) is 7.11 Å². The largest absolute Gasteiger partial charge is 0.465 e. The molecule has 3 heteroatoms. The molecule has 0 saturated carbocycles. The van der Waals surface area contributed by atoms with E-state index in [1.807, 2.05) is 44.2 Å². The Bertz CT molecular complexity index is 603. The SMILES string of the molecule is COC(=O)c1cc(C)ccc1Oc1cccc(C)c1. The van der Waals surface area contributed by atoms with Crippen molar-refractivity contribution in [2.24, 2.45) is 0 Å². The molecule has 0 aliphatic rings.